The van der Waals surface area contributed by atoms with E-state index in [0.717, 1.165) is 43.7 Å². The summed E-state index contributed by atoms with van der Waals surface area (Å²) in [6.07, 6.45) is 5.91. The quantitative estimate of drug-likeness (QED) is 0.872. The Labute approximate surface area is 160 Å². The summed E-state index contributed by atoms with van der Waals surface area (Å²) < 4.78 is 2.12. The lowest BCUT2D eigenvalue weighted by Crippen LogP contribution is -2.39. The summed E-state index contributed by atoms with van der Waals surface area (Å²) in [6, 6.07) is 10.1. The van der Waals surface area contributed by atoms with Gasteiger partial charge in [0.25, 0.3) is 0 Å². The van der Waals surface area contributed by atoms with Gasteiger partial charge < -0.3 is 19.9 Å². The maximum Gasteiger partial charge on any atom is 0.317 e. The number of hydrogen-bond donors (Lipinski definition) is 2. The lowest BCUT2D eigenvalue weighted by Gasteiger charge is -2.36. The number of carbonyl (C=O) groups excluding carboxylic acids is 1. The third-order valence-corrected chi connectivity index (χ3v) is 5.98. The lowest BCUT2D eigenvalue weighted by molar-refractivity contribution is 0.0365. The van der Waals surface area contributed by atoms with Crippen LogP contribution < -0.4 is 5.32 Å². The van der Waals surface area contributed by atoms with E-state index in [9.17, 15) is 9.90 Å². The number of aliphatic hydroxyl groups is 1. The number of benzene rings is 1. The third kappa shape index (κ3) is 3.58. The van der Waals surface area contributed by atoms with E-state index in [-0.39, 0.29) is 12.1 Å². The first-order valence-corrected chi connectivity index (χ1v) is 9.96. The smallest absolute Gasteiger partial charge is 0.317 e. The molecule has 6 nitrogen and oxygen atoms in total. The molecule has 2 aromatic rings. The normalized spacial score (nSPS) is 27.4. The molecular formula is C21H28N4O2. The van der Waals surface area contributed by atoms with Crippen LogP contribution in [0.1, 0.15) is 32.2 Å². The zero-order valence-corrected chi connectivity index (χ0v) is 15.8. The summed E-state index contributed by atoms with van der Waals surface area (Å²) >= 11 is 0. The maximum absolute atomic E-state index is 12.3. The van der Waals surface area contributed by atoms with Crippen LogP contribution >= 0.6 is 0 Å². The van der Waals surface area contributed by atoms with Gasteiger partial charge in [0.05, 0.1) is 12.1 Å². The molecule has 1 saturated carbocycles. The first-order chi connectivity index (χ1) is 13.2. The largest absolute Gasteiger partial charge is 0.391 e. The monoisotopic (exact) mass is 368 g/mol. The molecule has 1 aliphatic carbocycles. The van der Waals surface area contributed by atoms with Gasteiger partial charge in [0.1, 0.15) is 5.82 Å². The number of nitrogens with zero attached hydrogens (tertiary/aromatic N) is 3. The Morgan fingerprint density at radius 3 is 2.70 bits per heavy atom. The van der Waals surface area contributed by atoms with Gasteiger partial charge >= 0.3 is 6.03 Å². The van der Waals surface area contributed by atoms with E-state index in [1.165, 1.54) is 0 Å². The van der Waals surface area contributed by atoms with Crippen molar-refractivity contribution in [2.45, 2.75) is 38.3 Å². The second-order valence-corrected chi connectivity index (χ2v) is 7.79. The molecule has 0 radical (unpaired) electrons. The van der Waals surface area contributed by atoms with Gasteiger partial charge in [-0.25, -0.2) is 9.78 Å². The molecule has 4 atom stereocenters. The molecule has 2 aliphatic rings. The summed E-state index contributed by atoms with van der Waals surface area (Å²) in [6.45, 7) is 4.30. The van der Waals surface area contributed by atoms with Gasteiger partial charge in [-0.05, 0) is 31.1 Å². The first-order valence-electron chi connectivity index (χ1n) is 9.96. The molecule has 0 spiro atoms. The van der Waals surface area contributed by atoms with Gasteiger partial charge in [-0.3, -0.25) is 0 Å². The molecule has 144 valence electrons. The molecule has 4 rings (SSSR count). The predicted molar refractivity (Wildman–Crippen MR) is 104 cm³/mol. The van der Waals surface area contributed by atoms with Crippen molar-refractivity contribution in [2.75, 3.05) is 19.6 Å². The molecule has 1 aromatic heterocycles. The predicted octanol–water partition coefficient (Wildman–Crippen LogP) is 2.91. The highest BCUT2D eigenvalue weighted by atomic mass is 16.3. The van der Waals surface area contributed by atoms with Crippen LogP contribution in [0.3, 0.4) is 0 Å². The van der Waals surface area contributed by atoms with Crippen molar-refractivity contribution in [1.82, 2.24) is 19.8 Å². The van der Waals surface area contributed by atoms with Crippen molar-refractivity contribution in [3.8, 4) is 11.4 Å². The van der Waals surface area contributed by atoms with Crippen molar-refractivity contribution < 1.29 is 9.90 Å². The van der Waals surface area contributed by atoms with Gasteiger partial charge in [-0.15, -0.1) is 0 Å². The Kier molecular flexibility index (Phi) is 5.16. The second-order valence-electron chi connectivity index (χ2n) is 7.79. The number of urea groups is 1. The second kappa shape index (κ2) is 7.72. The minimum absolute atomic E-state index is 0.00242. The maximum atomic E-state index is 12.3. The Bertz CT molecular complexity index is 775. The van der Waals surface area contributed by atoms with Crippen LogP contribution in [0.25, 0.3) is 11.4 Å². The van der Waals surface area contributed by atoms with Crippen LogP contribution in [0.15, 0.2) is 42.7 Å². The first kappa shape index (κ1) is 18.0. The van der Waals surface area contributed by atoms with Crippen LogP contribution in [0.4, 0.5) is 4.79 Å². The number of aromatic nitrogens is 2. The molecular weight excluding hydrogens is 340 g/mol. The highest BCUT2D eigenvalue weighted by Gasteiger charge is 2.43. The summed E-state index contributed by atoms with van der Waals surface area (Å²) in [4.78, 5) is 18.8. The molecule has 2 fully saturated rings. The van der Waals surface area contributed by atoms with Crippen molar-refractivity contribution in [3.63, 3.8) is 0 Å². The zero-order valence-electron chi connectivity index (χ0n) is 15.8. The fraction of sp³-hybridized carbons (Fsp3) is 0.524. The number of hydrogen-bond acceptors (Lipinski definition) is 3. The van der Waals surface area contributed by atoms with E-state index in [1.807, 2.05) is 41.4 Å². The fourth-order valence-corrected chi connectivity index (χ4v) is 4.61. The Balaban J connectivity index is 1.50. The average Bonchev–Trinajstić information content (AvgIpc) is 3.32. The van der Waals surface area contributed by atoms with Crippen LogP contribution in [0.2, 0.25) is 0 Å². The van der Waals surface area contributed by atoms with Crippen molar-refractivity contribution in [1.29, 1.82) is 0 Å². The van der Waals surface area contributed by atoms with Gasteiger partial charge in [0.2, 0.25) is 0 Å². The van der Waals surface area contributed by atoms with E-state index in [0.29, 0.717) is 18.4 Å². The zero-order chi connectivity index (χ0) is 18.8. The van der Waals surface area contributed by atoms with Crippen LogP contribution in [0, 0.1) is 11.8 Å². The lowest BCUT2D eigenvalue weighted by atomic mass is 9.77. The molecule has 27 heavy (non-hydrogen) atoms. The number of fused-ring (bicyclic) bond motifs is 1. The molecule has 0 bridgehead atoms. The van der Waals surface area contributed by atoms with Crippen molar-refractivity contribution >= 4 is 6.03 Å². The molecule has 1 aromatic carbocycles. The number of rotatable bonds is 4. The molecule has 2 heterocycles. The SMILES string of the molecule is CCCNC(=O)N1C[C@H]2C[C@H](O)[C@@H](n3ccnc3-c3ccccc3)C[C@H]2C1. The highest BCUT2D eigenvalue weighted by Crippen LogP contribution is 2.42. The van der Waals surface area contributed by atoms with Crippen LogP contribution in [-0.2, 0) is 0 Å². The standard InChI is InChI=1S/C21H28N4O2/c1-2-8-23-21(27)24-13-16-11-18(19(26)12-17(16)14-24)25-10-9-22-20(25)15-6-4-3-5-7-15/h3-7,9-10,16-19,26H,2,8,11-14H2,1H3,(H,23,27)/t16-,17+,18-,19-/m0/s1. The Morgan fingerprint density at radius 1 is 1.22 bits per heavy atom. The number of amides is 2. The molecule has 2 N–H and O–H groups in total. The van der Waals surface area contributed by atoms with E-state index in [1.54, 1.807) is 6.20 Å². The van der Waals surface area contributed by atoms with Crippen molar-refractivity contribution in [3.05, 3.63) is 42.7 Å². The van der Waals surface area contributed by atoms with Gasteiger partial charge in [-0.2, -0.15) is 0 Å². The topological polar surface area (TPSA) is 70.4 Å². The molecule has 6 heteroatoms. The molecule has 1 aliphatic heterocycles. The minimum atomic E-state index is -0.415. The minimum Gasteiger partial charge on any atom is -0.391 e. The van der Waals surface area contributed by atoms with Gasteiger partial charge in [0.15, 0.2) is 0 Å². The number of carbonyl (C=O) groups is 1. The van der Waals surface area contributed by atoms with E-state index >= 15 is 0 Å². The number of aliphatic hydroxyl groups excluding tert-OH is 1. The van der Waals surface area contributed by atoms with Crippen LogP contribution in [-0.4, -0.2) is 51.3 Å². The highest BCUT2D eigenvalue weighted by molar-refractivity contribution is 5.74. The molecule has 0 unspecified atom stereocenters. The summed E-state index contributed by atoms with van der Waals surface area (Å²) in [5.41, 5.74) is 1.06. The molecule has 1 saturated heterocycles. The number of nitrogens with one attached hydrogen (secondary N) is 1. The van der Waals surface area contributed by atoms with Crippen LogP contribution in [0.5, 0.6) is 0 Å². The van der Waals surface area contributed by atoms with E-state index in [4.69, 9.17) is 0 Å². The number of imidazole rings is 1. The van der Waals surface area contributed by atoms with Gasteiger partial charge in [0, 0.05) is 37.6 Å². The Morgan fingerprint density at radius 2 is 1.96 bits per heavy atom. The third-order valence-electron chi connectivity index (χ3n) is 5.98. The number of likely N-dealkylation sites (tertiary alicyclic amines) is 1. The van der Waals surface area contributed by atoms with E-state index < -0.39 is 6.10 Å². The van der Waals surface area contributed by atoms with E-state index in [2.05, 4.69) is 21.8 Å². The summed E-state index contributed by atoms with van der Waals surface area (Å²) in [5.74, 6) is 1.71. The van der Waals surface area contributed by atoms with Crippen molar-refractivity contribution in [2.24, 2.45) is 11.8 Å². The summed E-state index contributed by atoms with van der Waals surface area (Å²) in [7, 11) is 0. The molecule has 2 amide bonds. The fourth-order valence-electron chi connectivity index (χ4n) is 4.61. The van der Waals surface area contributed by atoms with Gasteiger partial charge in [-0.1, -0.05) is 37.3 Å². The average molecular weight is 368 g/mol. The Hall–Kier alpha value is -2.34. The summed E-state index contributed by atoms with van der Waals surface area (Å²) in [5, 5.41) is 13.8.